The third-order valence-corrected chi connectivity index (χ3v) is 6.82. The number of nitrogens with one attached hydrogen (secondary N) is 1. The van der Waals surface area contributed by atoms with E-state index in [1.807, 2.05) is 24.4 Å². The number of hydrogen-bond acceptors (Lipinski definition) is 6. The molecule has 8 heteroatoms. The number of oxazole rings is 1. The molecule has 5 nitrogen and oxygen atoms in total. The Kier molecular flexibility index (Phi) is 5.21. The summed E-state index contributed by atoms with van der Waals surface area (Å²) in [6.07, 6.45) is 0. The Morgan fingerprint density at radius 1 is 1.07 bits per heavy atom. The number of aromatic nitrogens is 1. The van der Waals surface area contributed by atoms with Crippen molar-refractivity contribution < 1.29 is 17.2 Å². The van der Waals surface area contributed by atoms with Gasteiger partial charge in [-0.3, -0.25) is 0 Å². The standard InChI is InChI=1S/C21H17FN2O3S2/c1-14-4-10-17(11-5-14)29(25,26)21-20(23-13-15-6-8-16(22)9-7-15)27-19(24-21)18-3-2-12-28-18/h2-12,23H,13H2,1H3. The summed E-state index contributed by atoms with van der Waals surface area (Å²) in [5.41, 5.74) is 1.73. The molecule has 0 amide bonds. The topological polar surface area (TPSA) is 72.2 Å². The minimum Gasteiger partial charge on any atom is -0.418 e. The lowest BCUT2D eigenvalue weighted by atomic mass is 10.2. The fraction of sp³-hybridized carbons (Fsp3) is 0.0952. The van der Waals surface area contributed by atoms with E-state index in [-0.39, 0.29) is 34.1 Å². The van der Waals surface area contributed by atoms with E-state index in [2.05, 4.69) is 10.3 Å². The minimum absolute atomic E-state index is 0.0540. The van der Waals surface area contributed by atoms with E-state index in [0.717, 1.165) is 16.0 Å². The van der Waals surface area contributed by atoms with Crippen LogP contribution in [0.2, 0.25) is 0 Å². The van der Waals surface area contributed by atoms with E-state index in [9.17, 15) is 12.8 Å². The van der Waals surface area contributed by atoms with Gasteiger partial charge in [0, 0.05) is 6.54 Å². The molecule has 4 aromatic rings. The number of sulfone groups is 1. The van der Waals surface area contributed by atoms with Crippen molar-refractivity contribution in [2.45, 2.75) is 23.4 Å². The van der Waals surface area contributed by atoms with Crippen molar-refractivity contribution in [2.75, 3.05) is 5.32 Å². The Hall–Kier alpha value is -2.97. The third kappa shape index (κ3) is 4.08. The number of thiophene rings is 1. The molecule has 0 aliphatic carbocycles. The highest BCUT2D eigenvalue weighted by molar-refractivity contribution is 7.91. The SMILES string of the molecule is Cc1ccc(S(=O)(=O)c2nc(-c3cccs3)oc2NCc2ccc(F)cc2)cc1. The molecule has 0 aliphatic rings. The molecule has 29 heavy (non-hydrogen) atoms. The largest absolute Gasteiger partial charge is 0.418 e. The van der Waals surface area contributed by atoms with Crippen LogP contribution in [0.1, 0.15) is 11.1 Å². The number of benzene rings is 2. The van der Waals surface area contributed by atoms with Crippen molar-refractivity contribution in [3.8, 4) is 10.8 Å². The van der Waals surface area contributed by atoms with E-state index in [0.29, 0.717) is 0 Å². The number of rotatable bonds is 6. The molecule has 1 N–H and O–H groups in total. The van der Waals surface area contributed by atoms with Crippen molar-refractivity contribution in [1.82, 2.24) is 4.98 Å². The van der Waals surface area contributed by atoms with Crippen LogP contribution >= 0.6 is 11.3 Å². The van der Waals surface area contributed by atoms with E-state index in [1.165, 1.54) is 23.5 Å². The van der Waals surface area contributed by atoms with Crippen LogP contribution in [0.5, 0.6) is 0 Å². The van der Waals surface area contributed by atoms with Gasteiger partial charge in [0.25, 0.3) is 0 Å². The minimum atomic E-state index is -3.89. The molecule has 0 fully saturated rings. The Bertz CT molecular complexity index is 1210. The molecule has 0 radical (unpaired) electrons. The van der Waals surface area contributed by atoms with Crippen molar-refractivity contribution in [3.63, 3.8) is 0 Å². The van der Waals surface area contributed by atoms with Crippen LogP contribution in [0, 0.1) is 12.7 Å². The van der Waals surface area contributed by atoms with E-state index in [1.54, 1.807) is 36.4 Å². The van der Waals surface area contributed by atoms with Crippen molar-refractivity contribution in [2.24, 2.45) is 0 Å². The highest BCUT2D eigenvalue weighted by Gasteiger charge is 2.28. The van der Waals surface area contributed by atoms with Gasteiger partial charge in [-0.25, -0.2) is 12.8 Å². The van der Waals surface area contributed by atoms with E-state index >= 15 is 0 Å². The normalized spacial score (nSPS) is 11.5. The lowest BCUT2D eigenvalue weighted by molar-refractivity contribution is 0.577. The van der Waals surface area contributed by atoms with Gasteiger partial charge in [0.2, 0.25) is 26.6 Å². The summed E-state index contributed by atoms with van der Waals surface area (Å²) >= 11 is 1.40. The molecule has 0 aliphatic heterocycles. The first-order valence-electron chi connectivity index (χ1n) is 8.78. The lowest BCUT2D eigenvalue weighted by Crippen LogP contribution is -2.07. The van der Waals surface area contributed by atoms with Crippen LogP contribution in [0.25, 0.3) is 10.8 Å². The smallest absolute Gasteiger partial charge is 0.240 e. The van der Waals surface area contributed by atoms with Crippen molar-refractivity contribution in [1.29, 1.82) is 0 Å². The summed E-state index contributed by atoms with van der Waals surface area (Å²) in [5.74, 6) is -0.0540. The summed E-state index contributed by atoms with van der Waals surface area (Å²) in [5, 5.41) is 4.68. The van der Waals surface area contributed by atoms with Crippen LogP contribution in [0.4, 0.5) is 10.3 Å². The monoisotopic (exact) mass is 428 g/mol. The lowest BCUT2D eigenvalue weighted by Gasteiger charge is -2.06. The molecule has 0 bridgehead atoms. The summed E-state index contributed by atoms with van der Waals surface area (Å²) in [7, 11) is -3.89. The Balaban J connectivity index is 1.73. The Labute approximate surface area is 171 Å². The van der Waals surface area contributed by atoms with Crippen LogP contribution in [0.3, 0.4) is 0 Å². The second kappa shape index (κ2) is 7.81. The number of halogens is 1. The van der Waals surface area contributed by atoms with Crippen LogP contribution in [-0.4, -0.2) is 13.4 Å². The van der Waals surface area contributed by atoms with Crippen molar-refractivity contribution >= 4 is 27.1 Å². The molecule has 0 atom stereocenters. The molecule has 148 valence electrons. The average Bonchev–Trinajstić information content (AvgIpc) is 3.38. The molecule has 2 heterocycles. The highest BCUT2D eigenvalue weighted by atomic mass is 32.2. The Morgan fingerprint density at radius 3 is 2.45 bits per heavy atom. The van der Waals surface area contributed by atoms with Crippen LogP contribution in [-0.2, 0) is 16.4 Å². The van der Waals surface area contributed by atoms with Crippen LogP contribution < -0.4 is 5.32 Å². The average molecular weight is 429 g/mol. The maximum atomic E-state index is 13.2. The van der Waals surface area contributed by atoms with Gasteiger partial charge < -0.3 is 9.73 Å². The number of aryl methyl sites for hydroxylation is 1. The molecule has 0 unspecified atom stereocenters. The Morgan fingerprint density at radius 2 is 1.79 bits per heavy atom. The maximum Gasteiger partial charge on any atom is 0.240 e. The molecule has 0 saturated heterocycles. The zero-order valence-corrected chi connectivity index (χ0v) is 17.1. The number of hydrogen-bond donors (Lipinski definition) is 1. The summed E-state index contributed by atoms with van der Waals surface area (Å²) in [6.45, 7) is 2.15. The molecular formula is C21H17FN2O3S2. The van der Waals surface area contributed by atoms with Gasteiger partial charge in [0.1, 0.15) is 5.82 Å². The predicted molar refractivity (Wildman–Crippen MR) is 110 cm³/mol. The zero-order valence-electron chi connectivity index (χ0n) is 15.4. The third-order valence-electron chi connectivity index (χ3n) is 4.28. The van der Waals surface area contributed by atoms with Gasteiger partial charge in [-0.2, -0.15) is 4.98 Å². The predicted octanol–water partition coefficient (Wildman–Crippen LogP) is 5.30. The number of nitrogens with zero attached hydrogens (tertiary/aromatic N) is 1. The van der Waals surface area contributed by atoms with Crippen molar-refractivity contribution in [3.05, 3.63) is 83.0 Å². The van der Waals surface area contributed by atoms with Gasteiger partial charge in [-0.1, -0.05) is 35.9 Å². The van der Waals surface area contributed by atoms with Crippen LogP contribution in [0.15, 0.2) is 80.4 Å². The molecule has 2 aromatic carbocycles. The molecular weight excluding hydrogens is 411 g/mol. The molecule has 0 spiro atoms. The second-order valence-electron chi connectivity index (χ2n) is 6.43. The number of anilines is 1. The van der Waals surface area contributed by atoms with Gasteiger partial charge in [-0.15, -0.1) is 11.3 Å². The van der Waals surface area contributed by atoms with Gasteiger partial charge in [0.05, 0.1) is 9.77 Å². The first kappa shape index (κ1) is 19.4. The van der Waals surface area contributed by atoms with Gasteiger partial charge in [-0.05, 0) is 48.2 Å². The fourth-order valence-electron chi connectivity index (χ4n) is 2.72. The van der Waals surface area contributed by atoms with E-state index in [4.69, 9.17) is 4.42 Å². The van der Waals surface area contributed by atoms with E-state index < -0.39 is 9.84 Å². The van der Waals surface area contributed by atoms with Gasteiger partial charge >= 0.3 is 0 Å². The molecule has 0 saturated carbocycles. The fourth-order valence-corrected chi connectivity index (χ4v) is 4.65. The summed E-state index contributed by atoms with van der Waals surface area (Å²) in [6, 6.07) is 16.1. The quantitative estimate of drug-likeness (QED) is 0.451. The maximum absolute atomic E-state index is 13.2. The second-order valence-corrected chi connectivity index (χ2v) is 9.24. The summed E-state index contributed by atoms with van der Waals surface area (Å²) < 4.78 is 45.3. The first-order valence-corrected chi connectivity index (χ1v) is 11.1. The summed E-state index contributed by atoms with van der Waals surface area (Å²) in [4.78, 5) is 5.14. The highest BCUT2D eigenvalue weighted by Crippen LogP contribution is 2.34. The molecule has 4 rings (SSSR count). The first-order chi connectivity index (χ1) is 13.9. The zero-order chi connectivity index (χ0) is 20.4. The molecule has 2 aromatic heterocycles. The van der Waals surface area contributed by atoms with Gasteiger partial charge in [0.15, 0.2) is 0 Å².